The minimum atomic E-state index is -0.144. The number of carbonyl (C=O) groups excluding carboxylic acids is 2. The third kappa shape index (κ3) is 6.13. The van der Waals surface area contributed by atoms with Gasteiger partial charge in [-0.05, 0) is 128 Å². The highest BCUT2D eigenvalue weighted by Gasteiger charge is 2.63. The maximum absolute atomic E-state index is 13.3. The highest BCUT2D eigenvalue weighted by Crippen LogP contribution is 2.70. The first-order valence-electron chi connectivity index (χ1n) is 19.3. The number of rotatable bonds is 7. The normalized spacial score (nSPS) is 39.0. The number of ether oxygens (including phenoxy) is 4. The SMILES string of the molecule is COc1ccc(CCC(=O)O[C@H]2CC[C@]3(C)[C@H]4CC[C@H]5C(=C[C@]4(C)CC[C@H]3C2(C)C)CC[C@H]2C(C)(C)[C@@H](OC(C)=O)CC[C@]52C)cc1OC. The number of allylic oxidation sites excluding steroid dienone is 2. The van der Waals surface area contributed by atoms with E-state index in [9.17, 15) is 9.59 Å². The maximum atomic E-state index is 13.3. The Bertz CT molecular complexity index is 1460. The zero-order valence-corrected chi connectivity index (χ0v) is 32.2. The zero-order valence-electron chi connectivity index (χ0n) is 32.2. The summed E-state index contributed by atoms with van der Waals surface area (Å²) in [5.74, 6) is 3.41. The minimum absolute atomic E-state index is 0.0108. The molecule has 0 unspecified atom stereocenters. The van der Waals surface area contributed by atoms with Crippen LogP contribution in [0.3, 0.4) is 0 Å². The van der Waals surface area contributed by atoms with Crippen LogP contribution in [0.2, 0.25) is 0 Å². The molecule has 6 rings (SSSR count). The molecule has 0 saturated heterocycles. The molecule has 0 bridgehead atoms. The topological polar surface area (TPSA) is 71.1 Å². The number of aryl methyl sites for hydroxylation is 1. The van der Waals surface area contributed by atoms with Gasteiger partial charge in [-0.25, -0.2) is 0 Å². The van der Waals surface area contributed by atoms with Crippen LogP contribution in [0, 0.1) is 50.7 Å². The Balaban J connectivity index is 1.16. The molecule has 49 heavy (non-hydrogen) atoms. The number of esters is 2. The Hall–Kier alpha value is -2.50. The Kier molecular flexibility index (Phi) is 9.57. The largest absolute Gasteiger partial charge is 0.493 e. The van der Waals surface area contributed by atoms with Gasteiger partial charge in [0.05, 0.1) is 14.2 Å². The lowest BCUT2D eigenvalue weighted by molar-refractivity contribution is -0.190. The van der Waals surface area contributed by atoms with Gasteiger partial charge in [-0.3, -0.25) is 9.59 Å². The molecule has 5 aliphatic rings. The number of carbonyl (C=O) groups is 2. The summed E-state index contributed by atoms with van der Waals surface area (Å²) in [5.41, 5.74) is 3.29. The predicted molar refractivity (Wildman–Crippen MR) is 193 cm³/mol. The average Bonchev–Trinajstić information content (AvgIpc) is 3.19. The van der Waals surface area contributed by atoms with Crippen LogP contribution in [0.5, 0.6) is 11.5 Å². The zero-order chi connectivity index (χ0) is 35.6. The Labute approximate surface area is 296 Å². The van der Waals surface area contributed by atoms with Crippen molar-refractivity contribution in [2.45, 2.75) is 145 Å². The molecule has 4 saturated carbocycles. The molecule has 4 fully saturated rings. The molecule has 0 aromatic heterocycles. The van der Waals surface area contributed by atoms with Gasteiger partial charge in [-0.1, -0.05) is 66.2 Å². The van der Waals surface area contributed by atoms with Crippen LogP contribution in [0.4, 0.5) is 0 Å². The molecule has 0 N–H and O–H groups in total. The minimum Gasteiger partial charge on any atom is -0.493 e. The highest BCUT2D eigenvalue weighted by molar-refractivity contribution is 5.70. The molecule has 0 heterocycles. The van der Waals surface area contributed by atoms with Crippen molar-refractivity contribution >= 4 is 11.9 Å². The van der Waals surface area contributed by atoms with E-state index >= 15 is 0 Å². The van der Waals surface area contributed by atoms with Gasteiger partial charge in [0.25, 0.3) is 0 Å². The van der Waals surface area contributed by atoms with E-state index in [1.165, 1.54) is 38.5 Å². The Morgan fingerprint density at radius 1 is 0.714 bits per heavy atom. The summed E-state index contributed by atoms with van der Waals surface area (Å²) in [6, 6.07) is 5.85. The van der Waals surface area contributed by atoms with Crippen LogP contribution in [0.1, 0.15) is 132 Å². The highest BCUT2D eigenvalue weighted by atomic mass is 16.5. The standard InChI is InChI=1S/C43H64O6/c1-27(44)48-36-20-23-42(7)30-14-17-35-41(6,26-29(30)13-16-33(42)39(36,2)3)22-19-34-40(4,5)37(21-24-43(34,35)8)49-38(45)18-12-28-11-15-31(46-9)32(25-28)47-10/h11,15,25-26,30,33-37H,12-14,16-24H2,1-10H3/t30-,33-,34-,35-,36-,37-,41-,42+,43-/m0/s1. The fourth-order valence-corrected chi connectivity index (χ4v) is 13.1. The summed E-state index contributed by atoms with van der Waals surface area (Å²) >= 11 is 0. The third-order valence-corrected chi connectivity index (χ3v) is 15.4. The second kappa shape index (κ2) is 12.9. The van der Waals surface area contributed by atoms with Gasteiger partial charge in [0.2, 0.25) is 0 Å². The summed E-state index contributed by atoms with van der Waals surface area (Å²) in [4.78, 5) is 25.3. The van der Waals surface area contributed by atoms with E-state index in [0.717, 1.165) is 31.2 Å². The molecule has 6 nitrogen and oxygen atoms in total. The lowest BCUT2D eigenvalue weighted by Gasteiger charge is -2.63. The fourth-order valence-electron chi connectivity index (χ4n) is 13.1. The summed E-state index contributed by atoms with van der Waals surface area (Å²) in [7, 11) is 3.27. The van der Waals surface area contributed by atoms with Gasteiger partial charge in [0, 0.05) is 24.2 Å². The number of methoxy groups -OCH3 is 2. The van der Waals surface area contributed by atoms with Crippen molar-refractivity contribution < 1.29 is 28.5 Å². The molecule has 1 aromatic carbocycles. The fraction of sp³-hybridized carbons (Fsp3) is 0.767. The van der Waals surface area contributed by atoms with Crippen molar-refractivity contribution in [3.05, 3.63) is 35.4 Å². The summed E-state index contributed by atoms with van der Waals surface area (Å²) < 4.78 is 23.1. The van der Waals surface area contributed by atoms with E-state index in [1.807, 2.05) is 18.2 Å². The van der Waals surface area contributed by atoms with E-state index in [4.69, 9.17) is 18.9 Å². The van der Waals surface area contributed by atoms with E-state index in [0.29, 0.717) is 48.0 Å². The van der Waals surface area contributed by atoms with E-state index in [1.54, 1.807) is 26.7 Å². The number of hydrogen-bond donors (Lipinski definition) is 0. The first-order valence-corrected chi connectivity index (χ1v) is 19.3. The monoisotopic (exact) mass is 676 g/mol. The van der Waals surface area contributed by atoms with E-state index in [-0.39, 0.29) is 51.2 Å². The van der Waals surface area contributed by atoms with Crippen molar-refractivity contribution in [1.82, 2.24) is 0 Å². The number of fused-ring (bicyclic) bond motifs is 6. The van der Waals surface area contributed by atoms with Gasteiger partial charge < -0.3 is 18.9 Å². The lowest BCUT2D eigenvalue weighted by atomic mass is 9.42. The quantitative estimate of drug-likeness (QED) is 0.212. The van der Waals surface area contributed by atoms with Gasteiger partial charge in [0.1, 0.15) is 12.2 Å². The van der Waals surface area contributed by atoms with Crippen LogP contribution in [0.25, 0.3) is 0 Å². The summed E-state index contributed by atoms with van der Waals surface area (Å²) in [6.45, 7) is 18.8. The molecule has 9 atom stereocenters. The van der Waals surface area contributed by atoms with Gasteiger partial charge in [0.15, 0.2) is 11.5 Å². The van der Waals surface area contributed by atoms with E-state index < -0.39 is 0 Å². The maximum Gasteiger partial charge on any atom is 0.306 e. The van der Waals surface area contributed by atoms with Crippen LogP contribution >= 0.6 is 0 Å². The molecular formula is C43H64O6. The van der Waals surface area contributed by atoms with Crippen molar-refractivity contribution in [3.8, 4) is 11.5 Å². The molecule has 6 heteroatoms. The number of benzene rings is 1. The summed E-state index contributed by atoms with van der Waals surface area (Å²) in [6.07, 6.45) is 15.1. The lowest BCUT2D eigenvalue weighted by Crippen LogP contribution is -2.58. The summed E-state index contributed by atoms with van der Waals surface area (Å²) in [5, 5.41) is 0. The van der Waals surface area contributed by atoms with Crippen LogP contribution in [0.15, 0.2) is 29.8 Å². The second-order valence-electron chi connectivity index (χ2n) is 18.6. The predicted octanol–water partition coefficient (Wildman–Crippen LogP) is 9.91. The second-order valence-corrected chi connectivity index (χ2v) is 18.6. The molecule has 0 spiro atoms. The third-order valence-electron chi connectivity index (χ3n) is 15.4. The van der Waals surface area contributed by atoms with Crippen molar-refractivity contribution in [2.24, 2.45) is 50.7 Å². The first kappa shape index (κ1) is 36.3. The van der Waals surface area contributed by atoms with Gasteiger partial charge in [-0.2, -0.15) is 0 Å². The Morgan fingerprint density at radius 3 is 2.00 bits per heavy atom. The van der Waals surface area contributed by atoms with Crippen molar-refractivity contribution in [2.75, 3.05) is 14.2 Å². The average molecular weight is 677 g/mol. The Morgan fingerprint density at radius 2 is 1.35 bits per heavy atom. The van der Waals surface area contributed by atoms with Gasteiger partial charge in [-0.15, -0.1) is 0 Å². The van der Waals surface area contributed by atoms with Crippen LogP contribution in [-0.2, 0) is 25.5 Å². The molecular weight excluding hydrogens is 612 g/mol. The molecule has 0 amide bonds. The molecule has 0 aliphatic heterocycles. The van der Waals surface area contributed by atoms with Gasteiger partial charge >= 0.3 is 11.9 Å². The molecule has 272 valence electrons. The van der Waals surface area contributed by atoms with Crippen molar-refractivity contribution in [1.29, 1.82) is 0 Å². The number of hydrogen-bond acceptors (Lipinski definition) is 6. The first-order chi connectivity index (χ1) is 23.0. The molecule has 0 radical (unpaired) electrons. The smallest absolute Gasteiger partial charge is 0.306 e. The van der Waals surface area contributed by atoms with Crippen LogP contribution < -0.4 is 9.47 Å². The van der Waals surface area contributed by atoms with Crippen molar-refractivity contribution in [3.63, 3.8) is 0 Å². The molecule has 5 aliphatic carbocycles. The van der Waals surface area contributed by atoms with Crippen LogP contribution in [-0.4, -0.2) is 38.4 Å². The molecule has 1 aromatic rings. The van der Waals surface area contributed by atoms with E-state index in [2.05, 4.69) is 54.5 Å².